The SMILES string of the molecule is CC(C)C[C@H](NC(=O)[C@H](CCC(N)=O)NC(=O)[C@@H](N)CC(C)C)C(=O)N1CCC[C@H]1C(=O)N[C@@H](CCC(N)=O)C(=O)NCC(=O)N[C@H](C(=O)N[C@H](C(=O)N[C@@H](CC(C)C)C(=O)N1CCC[C@H]1C(=O)N[C@@H](CCCCN)C(=O)NCC(=O)N[C@@H](Cc1ccccc1)C(=O)O)[C@@H](C)O)[C@@H](C)O. The summed E-state index contributed by atoms with van der Waals surface area (Å²) in [5, 5.41) is 56.1. The monoisotopic (exact) mass is 1400 g/mol. The van der Waals surface area contributed by atoms with Crippen molar-refractivity contribution in [1.29, 1.82) is 0 Å². The summed E-state index contributed by atoms with van der Waals surface area (Å²) in [5.74, 6) is -13.8. The van der Waals surface area contributed by atoms with Crippen molar-refractivity contribution in [3.8, 4) is 0 Å². The lowest BCUT2D eigenvalue weighted by molar-refractivity contribution is -0.143. The Bertz CT molecular complexity index is 2950. The normalized spacial score (nSPS) is 17.7. The van der Waals surface area contributed by atoms with Crippen LogP contribution in [0.5, 0.6) is 0 Å². The van der Waals surface area contributed by atoms with Crippen LogP contribution in [0.2, 0.25) is 0 Å². The average molecular weight is 1400 g/mol. The molecule has 2 aliphatic rings. The number of nitrogens with two attached hydrogens (primary N) is 4. The molecule has 0 unspecified atom stereocenters. The number of amides is 14. The molecule has 0 spiro atoms. The quantitative estimate of drug-likeness (QED) is 0.0273. The van der Waals surface area contributed by atoms with Crippen LogP contribution in [0.4, 0.5) is 0 Å². The van der Waals surface area contributed by atoms with Crippen LogP contribution in [-0.4, -0.2) is 225 Å². The predicted molar refractivity (Wildman–Crippen MR) is 358 cm³/mol. The van der Waals surface area contributed by atoms with Crippen LogP contribution >= 0.6 is 0 Å². The number of hydrogen-bond acceptors (Lipinski definition) is 19. The van der Waals surface area contributed by atoms with Gasteiger partial charge in [-0.1, -0.05) is 71.9 Å². The maximum absolute atomic E-state index is 14.5. The van der Waals surface area contributed by atoms with Gasteiger partial charge in [0.25, 0.3) is 0 Å². The summed E-state index contributed by atoms with van der Waals surface area (Å²) in [4.78, 5) is 204. The fourth-order valence-electron chi connectivity index (χ4n) is 11.4. The molecule has 14 amide bonds. The highest BCUT2D eigenvalue weighted by Gasteiger charge is 2.43. The molecule has 2 aliphatic heterocycles. The summed E-state index contributed by atoms with van der Waals surface area (Å²) in [7, 11) is 0. The molecule has 2 saturated heterocycles. The van der Waals surface area contributed by atoms with Crippen molar-refractivity contribution in [2.75, 3.05) is 32.7 Å². The fraction of sp³-hybridized carbons (Fsp3) is 0.677. The van der Waals surface area contributed by atoms with Crippen LogP contribution in [0.3, 0.4) is 0 Å². The van der Waals surface area contributed by atoms with E-state index >= 15 is 0 Å². The third-order valence-corrected chi connectivity index (χ3v) is 16.5. The molecule has 21 N–H and O–H groups in total. The Kier molecular flexibility index (Phi) is 35.9. The fourth-order valence-corrected chi connectivity index (χ4v) is 11.4. The molecule has 34 nitrogen and oxygen atoms in total. The second kappa shape index (κ2) is 42.2. The van der Waals surface area contributed by atoms with Crippen LogP contribution in [-0.2, 0) is 78.3 Å². The highest BCUT2D eigenvalue weighted by atomic mass is 16.4. The number of aliphatic hydroxyl groups excluding tert-OH is 2. The lowest BCUT2D eigenvalue weighted by Crippen LogP contribution is -2.62. The van der Waals surface area contributed by atoms with E-state index in [4.69, 9.17) is 22.9 Å². The molecule has 34 heteroatoms. The zero-order valence-electron chi connectivity index (χ0n) is 57.9. The van der Waals surface area contributed by atoms with Crippen molar-refractivity contribution in [3.05, 3.63) is 35.9 Å². The molecule has 13 atom stereocenters. The van der Waals surface area contributed by atoms with Gasteiger partial charge >= 0.3 is 5.97 Å². The summed E-state index contributed by atoms with van der Waals surface area (Å²) < 4.78 is 0. The Labute approximate surface area is 576 Å². The first-order chi connectivity index (χ1) is 46.5. The number of carbonyl (C=O) groups excluding carboxylic acids is 14. The second-order valence-corrected chi connectivity index (χ2v) is 26.6. The van der Waals surface area contributed by atoms with Gasteiger partial charge in [-0.15, -0.1) is 0 Å². The summed E-state index contributed by atoms with van der Waals surface area (Å²) in [6, 6.07) is -6.48. The number of aliphatic hydroxyl groups is 2. The first-order valence-electron chi connectivity index (χ1n) is 33.8. The molecular weight excluding hydrogens is 1290 g/mol. The Hall–Kier alpha value is -8.89. The Morgan fingerprint density at radius 3 is 1.33 bits per heavy atom. The Morgan fingerprint density at radius 2 is 0.899 bits per heavy atom. The number of aliphatic carboxylic acids is 1. The van der Waals surface area contributed by atoms with E-state index in [-0.39, 0.29) is 95.2 Å². The van der Waals surface area contributed by atoms with Gasteiger partial charge in [0, 0.05) is 32.4 Å². The van der Waals surface area contributed by atoms with Crippen molar-refractivity contribution in [2.45, 2.75) is 230 Å². The molecule has 2 heterocycles. The van der Waals surface area contributed by atoms with E-state index < -0.39 is 193 Å². The number of rotatable bonds is 43. The Morgan fingerprint density at radius 1 is 0.485 bits per heavy atom. The number of likely N-dealkylation sites (tertiary alicyclic amines) is 2. The van der Waals surface area contributed by atoms with E-state index in [1.807, 2.05) is 13.8 Å². The average Bonchev–Trinajstić information content (AvgIpc) is 1.76. The van der Waals surface area contributed by atoms with Crippen molar-refractivity contribution in [1.82, 2.24) is 63.0 Å². The highest BCUT2D eigenvalue weighted by Crippen LogP contribution is 2.24. The van der Waals surface area contributed by atoms with Gasteiger partial charge in [0.05, 0.1) is 31.3 Å². The molecule has 1 aromatic rings. The van der Waals surface area contributed by atoms with Crippen molar-refractivity contribution < 1.29 is 87.2 Å². The van der Waals surface area contributed by atoms with Gasteiger partial charge in [0.2, 0.25) is 82.7 Å². The van der Waals surface area contributed by atoms with Crippen LogP contribution < -0.4 is 76.1 Å². The minimum Gasteiger partial charge on any atom is -0.480 e. The third kappa shape index (κ3) is 29.2. The number of unbranched alkanes of at least 4 members (excludes halogenated alkanes) is 1. The zero-order chi connectivity index (χ0) is 74.4. The summed E-state index contributed by atoms with van der Waals surface area (Å²) in [6.45, 7) is 11.8. The molecule has 2 fully saturated rings. The van der Waals surface area contributed by atoms with Gasteiger partial charge in [-0.2, -0.15) is 0 Å². The number of carboxylic acids is 1. The summed E-state index contributed by atoms with van der Waals surface area (Å²) >= 11 is 0. The topological polar surface area (TPSA) is 548 Å². The first kappa shape index (κ1) is 84.3. The van der Waals surface area contributed by atoms with Crippen molar-refractivity contribution in [2.24, 2.45) is 40.7 Å². The van der Waals surface area contributed by atoms with E-state index in [0.717, 1.165) is 13.8 Å². The first-order valence-corrected chi connectivity index (χ1v) is 33.8. The molecule has 0 radical (unpaired) electrons. The molecule has 0 aromatic heterocycles. The van der Waals surface area contributed by atoms with Crippen LogP contribution in [0, 0.1) is 17.8 Å². The largest absolute Gasteiger partial charge is 0.480 e. The summed E-state index contributed by atoms with van der Waals surface area (Å²) in [5.41, 5.74) is 23.2. The number of nitrogens with zero attached hydrogens (tertiary/aromatic N) is 2. The van der Waals surface area contributed by atoms with Gasteiger partial charge in [0.15, 0.2) is 0 Å². The molecule has 3 rings (SSSR count). The smallest absolute Gasteiger partial charge is 0.326 e. The number of carboxylic acid groups (broad SMARTS) is 1. The van der Waals surface area contributed by atoms with Crippen LogP contribution in [0.15, 0.2) is 30.3 Å². The van der Waals surface area contributed by atoms with Gasteiger partial charge in [-0.3, -0.25) is 67.1 Å². The van der Waals surface area contributed by atoms with Crippen LogP contribution in [0.25, 0.3) is 0 Å². The number of carbonyl (C=O) groups is 15. The maximum Gasteiger partial charge on any atom is 0.326 e. The van der Waals surface area contributed by atoms with E-state index in [1.54, 1.807) is 58.0 Å². The number of primary amides is 2. The highest BCUT2D eigenvalue weighted by molar-refractivity contribution is 6.00. The maximum atomic E-state index is 14.5. The molecule has 0 saturated carbocycles. The number of nitrogens with one attached hydrogen (secondary N) is 10. The van der Waals surface area contributed by atoms with Crippen LogP contribution in [0.1, 0.15) is 151 Å². The molecular formula is C65H106N16O18. The van der Waals surface area contributed by atoms with E-state index in [2.05, 4.69) is 53.2 Å². The Balaban J connectivity index is 1.72. The molecule has 0 aliphatic carbocycles. The minimum absolute atomic E-state index is 0.0116. The van der Waals surface area contributed by atoms with Gasteiger partial charge in [0.1, 0.15) is 60.4 Å². The van der Waals surface area contributed by atoms with Gasteiger partial charge in [-0.25, -0.2) is 4.79 Å². The van der Waals surface area contributed by atoms with Gasteiger partial charge < -0.3 is 101 Å². The van der Waals surface area contributed by atoms with E-state index in [1.165, 1.54) is 9.80 Å². The van der Waals surface area contributed by atoms with Crippen molar-refractivity contribution >= 4 is 88.7 Å². The molecule has 99 heavy (non-hydrogen) atoms. The number of benzene rings is 1. The van der Waals surface area contributed by atoms with Gasteiger partial charge in [-0.05, 0) is 121 Å². The summed E-state index contributed by atoms with van der Waals surface area (Å²) in [6.07, 6.45) is -2.60. The standard InChI is InChI=1S/C65H106N16O18/c1-34(2)28-40(67)55(88)73-43(22-24-50(69)85)58(91)76-44(29-35(3)4)63(96)80-26-15-20-48(80)60(93)75-42(21-23-49(68)84)57(90)71-33-52(87)78-53(37(7)82)62(95)79-54(38(8)83)61(94)77-45(30-36(5)6)64(97)81-27-14-19-47(81)59(92)74-41(18-12-13-25-66)56(89)70-32-51(86)72-46(65(98)99)31-39-16-10-9-11-17-39/h9-11,16-17,34-38,40-48,53-54,82-83H,12-15,18-33,66-67H2,1-8H3,(H2,68,84)(H2,69,85)(H,70,89)(H,71,90)(H,72,86)(H,73,88)(H,74,92)(H,75,93)(H,76,91)(H,77,94)(H,78,87)(H,79,95)(H,98,99)/t37-,38-,40+,41+,42+,43+,44+,45+,46+,47+,48+,53+,54+/m1/s1. The number of hydrogen-bond donors (Lipinski definition) is 17. The van der Waals surface area contributed by atoms with Crippen molar-refractivity contribution in [3.63, 3.8) is 0 Å². The zero-order valence-corrected chi connectivity index (χ0v) is 57.9. The molecule has 1 aromatic carbocycles. The second-order valence-electron chi connectivity index (χ2n) is 26.6. The van der Waals surface area contributed by atoms with E-state index in [9.17, 15) is 87.2 Å². The minimum atomic E-state index is -1.86. The lowest BCUT2D eigenvalue weighted by Gasteiger charge is -2.32. The van der Waals surface area contributed by atoms with E-state index in [0.29, 0.717) is 31.2 Å². The molecule has 554 valence electrons. The predicted octanol–water partition coefficient (Wildman–Crippen LogP) is -4.71. The lowest BCUT2D eigenvalue weighted by atomic mass is 10.0. The third-order valence-electron chi connectivity index (χ3n) is 16.5. The molecule has 0 bridgehead atoms.